The molecule has 27 heavy (non-hydrogen) atoms. The Bertz CT molecular complexity index is 926. The summed E-state index contributed by atoms with van der Waals surface area (Å²) in [5, 5.41) is 0.659. The maximum Gasteiger partial charge on any atom is 0.415 e. The van der Waals surface area contributed by atoms with Gasteiger partial charge in [-0.15, -0.1) is 0 Å². The van der Waals surface area contributed by atoms with Crippen LogP contribution in [0, 0.1) is 0 Å². The van der Waals surface area contributed by atoms with Gasteiger partial charge in [0.25, 0.3) is 0 Å². The number of benzene rings is 3. The van der Waals surface area contributed by atoms with Gasteiger partial charge in [0.1, 0.15) is 23.6 Å². The molecule has 0 aliphatic carbocycles. The van der Waals surface area contributed by atoms with Crippen molar-refractivity contribution in [1.29, 1.82) is 0 Å². The Morgan fingerprint density at radius 3 is 2.11 bits per heavy atom. The molecule has 0 aromatic heterocycles. The SMILES string of the molecule is C[C@@H]1OC(=O)N(c2ccc(Oc3ccc(Cl)cc3)cc2)[C@H]1c1ccccc1. The number of amides is 1. The van der Waals surface area contributed by atoms with Gasteiger partial charge in [0, 0.05) is 10.7 Å². The van der Waals surface area contributed by atoms with Crippen molar-refractivity contribution in [2.75, 3.05) is 4.90 Å². The van der Waals surface area contributed by atoms with E-state index >= 15 is 0 Å². The molecule has 3 aromatic rings. The molecule has 2 atom stereocenters. The Labute approximate surface area is 162 Å². The second-order valence-electron chi connectivity index (χ2n) is 6.36. The van der Waals surface area contributed by atoms with Crippen molar-refractivity contribution in [3.05, 3.63) is 89.4 Å². The predicted octanol–water partition coefficient (Wildman–Crippen LogP) is 6.22. The Morgan fingerprint density at radius 1 is 0.889 bits per heavy atom. The Kier molecular flexibility index (Phi) is 4.73. The molecule has 0 spiro atoms. The molecule has 0 saturated carbocycles. The molecule has 1 saturated heterocycles. The summed E-state index contributed by atoms with van der Waals surface area (Å²) in [5.41, 5.74) is 1.80. The summed E-state index contributed by atoms with van der Waals surface area (Å²) in [6, 6.07) is 24.3. The van der Waals surface area contributed by atoms with Crippen molar-refractivity contribution >= 4 is 23.4 Å². The van der Waals surface area contributed by atoms with E-state index < -0.39 is 0 Å². The normalized spacial score (nSPS) is 19.0. The van der Waals surface area contributed by atoms with Gasteiger partial charge in [-0.3, -0.25) is 4.90 Å². The van der Waals surface area contributed by atoms with Crippen LogP contribution in [-0.2, 0) is 4.74 Å². The zero-order valence-corrected chi connectivity index (χ0v) is 15.5. The molecule has 3 aromatic carbocycles. The van der Waals surface area contributed by atoms with Crippen LogP contribution in [0.1, 0.15) is 18.5 Å². The van der Waals surface area contributed by atoms with E-state index in [-0.39, 0.29) is 18.2 Å². The summed E-state index contributed by atoms with van der Waals surface area (Å²) in [4.78, 5) is 14.1. The van der Waals surface area contributed by atoms with Crippen LogP contribution in [0.15, 0.2) is 78.9 Å². The zero-order chi connectivity index (χ0) is 18.8. The van der Waals surface area contributed by atoms with Gasteiger partial charge < -0.3 is 9.47 Å². The number of hydrogen-bond donors (Lipinski definition) is 0. The quantitative estimate of drug-likeness (QED) is 0.540. The van der Waals surface area contributed by atoms with E-state index in [9.17, 15) is 4.79 Å². The van der Waals surface area contributed by atoms with Crippen molar-refractivity contribution in [2.24, 2.45) is 0 Å². The lowest BCUT2D eigenvalue weighted by molar-refractivity contribution is 0.141. The molecule has 5 heteroatoms. The smallest absolute Gasteiger partial charge is 0.415 e. The van der Waals surface area contributed by atoms with Crippen LogP contribution in [0.2, 0.25) is 5.02 Å². The van der Waals surface area contributed by atoms with Crippen LogP contribution in [0.3, 0.4) is 0 Å². The molecule has 1 fully saturated rings. The molecule has 0 radical (unpaired) electrons. The average molecular weight is 380 g/mol. The number of cyclic esters (lactones) is 1. The summed E-state index contributed by atoms with van der Waals surface area (Å²) in [6.45, 7) is 1.91. The highest BCUT2D eigenvalue weighted by atomic mass is 35.5. The van der Waals surface area contributed by atoms with E-state index in [1.165, 1.54) is 0 Å². The van der Waals surface area contributed by atoms with Crippen molar-refractivity contribution in [2.45, 2.75) is 19.1 Å². The van der Waals surface area contributed by atoms with Crippen LogP contribution in [0.5, 0.6) is 11.5 Å². The van der Waals surface area contributed by atoms with Gasteiger partial charge in [-0.2, -0.15) is 0 Å². The minimum Gasteiger partial charge on any atom is -0.457 e. The number of carbonyl (C=O) groups excluding carboxylic acids is 1. The molecule has 0 unspecified atom stereocenters. The maximum atomic E-state index is 12.4. The van der Waals surface area contributed by atoms with E-state index in [0.717, 1.165) is 11.3 Å². The van der Waals surface area contributed by atoms with Crippen LogP contribution in [0.4, 0.5) is 10.5 Å². The van der Waals surface area contributed by atoms with Crippen molar-refractivity contribution < 1.29 is 14.3 Å². The first-order chi connectivity index (χ1) is 13.1. The lowest BCUT2D eigenvalue weighted by atomic mass is 10.0. The number of anilines is 1. The number of hydrogen-bond acceptors (Lipinski definition) is 3. The third-order valence-corrected chi connectivity index (χ3v) is 4.76. The second kappa shape index (κ2) is 7.33. The van der Waals surface area contributed by atoms with E-state index in [1.54, 1.807) is 29.2 Å². The van der Waals surface area contributed by atoms with Crippen LogP contribution >= 0.6 is 11.6 Å². The molecular formula is C22H18ClNO3. The number of nitrogens with zero attached hydrogens (tertiary/aromatic N) is 1. The van der Waals surface area contributed by atoms with E-state index in [2.05, 4.69) is 0 Å². The van der Waals surface area contributed by atoms with E-state index in [4.69, 9.17) is 21.1 Å². The molecule has 1 amide bonds. The molecule has 1 aliphatic rings. The van der Waals surface area contributed by atoms with Crippen molar-refractivity contribution in [1.82, 2.24) is 0 Å². The third kappa shape index (κ3) is 3.62. The topological polar surface area (TPSA) is 38.8 Å². The number of rotatable bonds is 4. The van der Waals surface area contributed by atoms with Gasteiger partial charge in [-0.25, -0.2) is 4.79 Å². The predicted molar refractivity (Wildman–Crippen MR) is 106 cm³/mol. The summed E-state index contributed by atoms with van der Waals surface area (Å²) < 4.78 is 11.3. The number of ether oxygens (including phenoxy) is 2. The fraction of sp³-hybridized carbons (Fsp3) is 0.136. The fourth-order valence-corrected chi connectivity index (χ4v) is 3.38. The monoisotopic (exact) mass is 379 g/mol. The maximum absolute atomic E-state index is 12.4. The minimum absolute atomic E-state index is 0.165. The number of carbonyl (C=O) groups is 1. The Morgan fingerprint density at radius 2 is 1.48 bits per heavy atom. The molecular weight excluding hydrogens is 362 g/mol. The lowest BCUT2D eigenvalue weighted by Crippen LogP contribution is -2.28. The highest BCUT2D eigenvalue weighted by Gasteiger charge is 2.41. The summed E-state index contributed by atoms with van der Waals surface area (Å²) >= 11 is 5.89. The summed E-state index contributed by atoms with van der Waals surface area (Å²) in [5.74, 6) is 1.38. The van der Waals surface area contributed by atoms with Crippen molar-refractivity contribution in [3.63, 3.8) is 0 Å². The van der Waals surface area contributed by atoms with Crippen molar-refractivity contribution in [3.8, 4) is 11.5 Å². The molecule has 1 aliphatic heterocycles. The lowest BCUT2D eigenvalue weighted by Gasteiger charge is -2.24. The van der Waals surface area contributed by atoms with Gasteiger partial charge in [0.05, 0.1) is 0 Å². The van der Waals surface area contributed by atoms with Crippen LogP contribution in [0.25, 0.3) is 0 Å². The minimum atomic E-state index is -0.345. The molecule has 4 nitrogen and oxygen atoms in total. The first kappa shape index (κ1) is 17.4. The van der Waals surface area contributed by atoms with Gasteiger partial charge in [0.15, 0.2) is 0 Å². The average Bonchev–Trinajstić information content (AvgIpc) is 2.99. The first-order valence-corrected chi connectivity index (χ1v) is 9.08. The first-order valence-electron chi connectivity index (χ1n) is 8.70. The highest BCUT2D eigenvalue weighted by molar-refractivity contribution is 6.30. The molecule has 136 valence electrons. The Balaban J connectivity index is 1.58. The molecule has 1 heterocycles. The summed E-state index contributed by atoms with van der Waals surface area (Å²) in [6.07, 6.45) is -0.576. The molecule has 4 rings (SSSR count). The van der Waals surface area contributed by atoms with E-state index in [1.807, 2.05) is 61.5 Å². The molecule has 0 N–H and O–H groups in total. The zero-order valence-electron chi connectivity index (χ0n) is 14.7. The van der Waals surface area contributed by atoms with Gasteiger partial charge in [-0.1, -0.05) is 41.9 Å². The van der Waals surface area contributed by atoms with Gasteiger partial charge in [-0.05, 0) is 61.0 Å². The standard InChI is InChI=1S/C22H18ClNO3/c1-15-21(16-5-3-2-4-6-16)24(22(25)26-15)18-9-13-20(14-10-18)27-19-11-7-17(23)8-12-19/h2-15,21H,1H3/t15-,21+/m0/s1. The highest BCUT2D eigenvalue weighted by Crippen LogP contribution is 2.38. The summed E-state index contributed by atoms with van der Waals surface area (Å²) in [7, 11) is 0. The second-order valence-corrected chi connectivity index (χ2v) is 6.80. The van der Waals surface area contributed by atoms with Crippen LogP contribution in [-0.4, -0.2) is 12.2 Å². The van der Waals surface area contributed by atoms with Gasteiger partial charge in [0.2, 0.25) is 0 Å². The van der Waals surface area contributed by atoms with Gasteiger partial charge >= 0.3 is 6.09 Å². The van der Waals surface area contributed by atoms with Crippen LogP contribution < -0.4 is 9.64 Å². The van der Waals surface area contributed by atoms with E-state index in [0.29, 0.717) is 16.5 Å². The molecule has 0 bridgehead atoms. The fourth-order valence-electron chi connectivity index (χ4n) is 3.25. The largest absolute Gasteiger partial charge is 0.457 e. The third-order valence-electron chi connectivity index (χ3n) is 4.51. The number of halogens is 1. The Hall–Kier alpha value is -2.98.